The van der Waals surface area contributed by atoms with E-state index < -0.39 is 6.04 Å². The van der Waals surface area contributed by atoms with Crippen molar-refractivity contribution in [1.82, 2.24) is 15.1 Å². The Morgan fingerprint density at radius 1 is 1.00 bits per heavy atom. The first-order valence-corrected chi connectivity index (χ1v) is 17.8. The van der Waals surface area contributed by atoms with Crippen molar-refractivity contribution < 1.29 is 29.0 Å². The van der Waals surface area contributed by atoms with E-state index in [2.05, 4.69) is 10.6 Å². The maximum atomic E-state index is 14.4. The zero-order chi connectivity index (χ0) is 33.1. The molecule has 1 aliphatic heterocycles. The van der Waals surface area contributed by atoms with Crippen molar-refractivity contribution in [3.63, 3.8) is 0 Å². The third-order valence-electron chi connectivity index (χ3n) is 10.0. The van der Waals surface area contributed by atoms with Gasteiger partial charge < -0.3 is 35.0 Å². The largest absolute Gasteiger partial charge is 0.490 e. The van der Waals surface area contributed by atoms with Gasteiger partial charge in [-0.1, -0.05) is 45.4 Å². The number of hydrogen-bond donors (Lipinski definition) is 3. The van der Waals surface area contributed by atoms with E-state index in [1.54, 1.807) is 23.1 Å². The third-order valence-corrected chi connectivity index (χ3v) is 10.0. The van der Waals surface area contributed by atoms with Gasteiger partial charge in [0, 0.05) is 50.3 Å². The van der Waals surface area contributed by atoms with Gasteiger partial charge in [-0.25, -0.2) is 4.79 Å². The van der Waals surface area contributed by atoms with Crippen LogP contribution in [-0.2, 0) is 9.53 Å². The van der Waals surface area contributed by atoms with Crippen LogP contribution in [0.1, 0.15) is 115 Å². The summed E-state index contributed by atoms with van der Waals surface area (Å²) >= 11 is 0. The molecular formula is C36H58N4O6. The molecule has 3 aliphatic rings. The number of likely N-dealkylation sites (N-methyl/N-ethyl adjacent to an activating group) is 1. The summed E-state index contributed by atoms with van der Waals surface area (Å²) in [7, 11) is 1.87. The van der Waals surface area contributed by atoms with E-state index in [-0.39, 0.29) is 54.5 Å². The van der Waals surface area contributed by atoms with Gasteiger partial charge in [0.25, 0.3) is 5.91 Å². The molecule has 10 heteroatoms. The van der Waals surface area contributed by atoms with Crippen molar-refractivity contribution >= 4 is 23.5 Å². The molecule has 2 aliphatic carbocycles. The molecule has 1 aromatic rings. The molecule has 0 aromatic heterocycles. The van der Waals surface area contributed by atoms with E-state index in [0.29, 0.717) is 36.7 Å². The molecule has 4 atom stereocenters. The Kier molecular flexibility index (Phi) is 14.0. The van der Waals surface area contributed by atoms with Gasteiger partial charge in [0.2, 0.25) is 5.91 Å². The summed E-state index contributed by atoms with van der Waals surface area (Å²) in [4.78, 5) is 44.1. The summed E-state index contributed by atoms with van der Waals surface area (Å²) in [5, 5.41) is 16.2. The Morgan fingerprint density at radius 3 is 2.37 bits per heavy atom. The van der Waals surface area contributed by atoms with Crippen molar-refractivity contribution in [2.75, 3.05) is 38.7 Å². The number of benzene rings is 1. The molecule has 2 saturated carbocycles. The topological polar surface area (TPSA) is 120 Å². The summed E-state index contributed by atoms with van der Waals surface area (Å²) in [6, 6.07) is 4.62. The average molecular weight is 643 g/mol. The van der Waals surface area contributed by atoms with Gasteiger partial charge in [-0.3, -0.25) is 9.59 Å². The number of hydrogen-bond acceptors (Lipinski definition) is 6. The Hall–Kier alpha value is -2.85. The molecule has 4 rings (SSSR count). The van der Waals surface area contributed by atoms with Crippen LogP contribution in [0.3, 0.4) is 0 Å². The van der Waals surface area contributed by atoms with Crippen molar-refractivity contribution in [3.8, 4) is 5.75 Å². The Balaban J connectivity index is 1.56. The summed E-state index contributed by atoms with van der Waals surface area (Å²) in [5.41, 5.74) is 0.848. The van der Waals surface area contributed by atoms with Gasteiger partial charge >= 0.3 is 6.03 Å². The first kappa shape index (κ1) is 36.0. The number of nitrogens with zero attached hydrogens (tertiary/aromatic N) is 2. The SMILES string of the molecule is C[C@@H]1CCCCO[C@@H](CN(C)C(=O)C2CCCCC2)[C@@H](C)CN([C@H](C)CO)C(=O)c2cc(NC(=O)NC3CCCCC3)ccc2O1. The highest BCUT2D eigenvalue weighted by Crippen LogP contribution is 2.29. The lowest BCUT2D eigenvalue weighted by molar-refractivity contribution is -0.137. The average Bonchev–Trinajstić information content (AvgIpc) is 3.06. The van der Waals surface area contributed by atoms with Gasteiger partial charge in [0.15, 0.2) is 0 Å². The molecule has 1 heterocycles. The Labute approximate surface area is 275 Å². The normalized spacial score (nSPS) is 25.0. The standard InChI is InChI=1S/C36H58N4O6/c1-25-22-40(26(2)24-41)35(43)31-21-30(38-36(44)37-29-16-9-6-10-17-29)18-19-32(31)46-27(3)13-11-12-20-45-33(25)23-39(4)34(42)28-14-7-5-8-15-28/h18-19,21,25-29,33,41H,5-17,20,22-24H2,1-4H3,(H2,37,38,44)/t25-,26+,27+,33-/m0/s1. The Morgan fingerprint density at radius 2 is 1.67 bits per heavy atom. The second-order valence-electron chi connectivity index (χ2n) is 14.0. The van der Waals surface area contributed by atoms with Crippen LogP contribution in [0, 0.1) is 11.8 Å². The van der Waals surface area contributed by atoms with Gasteiger partial charge in [0.05, 0.1) is 30.4 Å². The molecular weight excluding hydrogens is 584 g/mol. The predicted octanol–water partition coefficient (Wildman–Crippen LogP) is 5.98. The minimum absolute atomic E-state index is 0.0746. The number of carbonyl (C=O) groups excluding carboxylic acids is 3. The zero-order valence-corrected chi connectivity index (χ0v) is 28.6. The van der Waals surface area contributed by atoms with Crippen LogP contribution >= 0.6 is 0 Å². The van der Waals surface area contributed by atoms with E-state index in [1.165, 1.54) is 12.8 Å². The van der Waals surface area contributed by atoms with E-state index >= 15 is 0 Å². The number of nitrogens with one attached hydrogen (secondary N) is 2. The second kappa shape index (κ2) is 17.9. The summed E-state index contributed by atoms with van der Waals surface area (Å²) in [6.45, 7) is 7.00. The summed E-state index contributed by atoms with van der Waals surface area (Å²) < 4.78 is 12.8. The second-order valence-corrected chi connectivity index (χ2v) is 14.0. The van der Waals surface area contributed by atoms with E-state index in [1.807, 2.05) is 32.7 Å². The molecule has 0 radical (unpaired) electrons. The molecule has 0 unspecified atom stereocenters. The van der Waals surface area contributed by atoms with Crippen LogP contribution in [-0.4, -0.2) is 90.4 Å². The number of urea groups is 1. The molecule has 0 bridgehead atoms. The number of carbonyl (C=O) groups is 3. The van der Waals surface area contributed by atoms with E-state index in [0.717, 1.165) is 70.6 Å². The van der Waals surface area contributed by atoms with Crippen LogP contribution in [0.2, 0.25) is 0 Å². The molecule has 3 N–H and O–H groups in total. The first-order chi connectivity index (χ1) is 22.2. The number of fused-ring (bicyclic) bond motifs is 1. The monoisotopic (exact) mass is 642 g/mol. The number of aliphatic hydroxyl groups excluding tert-OH is 1. The van der Waals surface area contributed by atoms with Crippen molar-refractivity contribution in [1.29, 1.82) is 0 Å². The Bertz CT molecular complexity index is 1140. The lowest BCUT2D eigenvalue weighted by Gasteiger charge is -2.36. The highest BCUT2D eigenvalue weighted by molar-refractivity contribution is 5.99. The minimum Gasteiger partial charge on any atom is -0.490 e. The van der Waals surface area contributed by atoms with Crippen molar-refractivity contribution in [3.05, 3.63) is 23.8 Å². The third kappa shape index (κ3) is 10.3. The highest BCUT2D eigenvalue weighted by Gasteiger charge is 2.32. The molecule has 10 nitrogen and oxygen atoms in total. The summed E-state index contributed by atoms with van der Waals surface area (Å²) in [5.74, 6) is 0.313. The lowest BCUT2D eigenvalue weighted by atomic mass is 9.88. The van der Waals surface area contributed by atoms with Crippen molar-refractivity contribution in [2.24, 2.45) is 11.8 Å². The van der Waals surface area contributed by atoms with Crippen LogP contribution in [0.5, 0.6) is 5.75 Å². The molecule has 1 aromatic carbocycles. The fourth-order valence-electron chi connectivity index (χ4n) is 7.08. The van der Waals surface area contributed by atoms with Gasteiger partial charge in [-0.05, 0) is 77.0 Å². The van der Waals surface area contributed by atoms with Crippen LogP contribution in [0.4, 0.5) is 10.5 Å². The number of ether oxygens (including phenoxy) is 2. The predicted molar refractivity (Wildman–Crippen MR) is 180 cm³/mol. The smallest absolute Gasteiger partial charge is 0.319 e. The van der Waals surface area contributed by atoms with Crippen LogP contribution in [0.15, 0.2) is 18.2 Å². The highest BCUT2D eigenvalue weighted by atomic mass is 16.5. The zero-order valence-electron chi connectivity index (χ0n) is 28.6. The number of aliphatic hydroxyl groups is 1. The quantitative estimate of drug-likeness (QED) is 0.337. The minimum atomic E-state index is -0.471. The summed E-state index contributed by atoms with van der Waals surface area (Å²) in [6.07, 6.45) is 12.8. The number of anilines is 1. The molecule has 258 valence electrons. The fraction of sp³-hybridized carbons (Fsp3) is 0.750. The molecule has 46 heavy (non-hydrogen) atoms. The fourth-order valence-corrected chi connectivity index (χ4v) is 7.08. The molecule has 0 saturated heterocycles. The van der Waals surface area contributed by atoms with Crippen molar-refractivity contribution in [2.45, 2.75) is 129 Å². The van der Waals surface area contributed by atoms with E-state index in [9.17, 15) is 19.5 Å². The maximum absolute atomic E-state index is 14.4. The number of rotatable bonds is 7. The molecule has 0 spiro atoms. The maximum Gasteiger partial charge on any atom is 0.319 e. The van der Waals surface area contributed by atoms with Gasteiger partial charge in [-0.2, -0.15) is 0 Å². The number of amides is 4. The van der Waals surface area contributed by atoms with E-state index in [4.69, 9.17) is 9.47 Å². The van der Waals surface area contributed by atoms with Gasteiger partial charge in [0.1, 0.15) is 5.75 Å². The molecule has 2 fully saturated rings. The van der Waals surface area contributed by atoms with Gasteiger partial charge in [-0.15, -0.1) is 0 Å². The van der Waals surface area contributed by atoms with Crippen LogP contribution in [0.25, 0.3) is 0 Å². The lowest BCUT2D eigenvalue weighted by Crippen LogP contribution is -2.48. The van der Waals surface area contributed by atoms with Crippen LogP contribution < -0.4 is 15.4 Å². The molecule has 4 amide bonds. The first-order valence-electron chi connectivity index (χ1n) is 17.8.